The molecule has 0 aromatic heterocycles. The van der Waals surface area contributed by atoms with Crippen molar-refractivity contribution in [2.75, 3.05) is 12.4 Å². The Morgan fingerprint density at radius 1 is 1.12 bits per heavy atom. The van der Waals surface area contributed by atoms with E-state index in [-0.39, 0.29) is 24.7 Å². The quantitative estimate of drug-likeness (QED) is 0.591. The van der Waals surface area contributed by atoms with Crippen molar-refractivity contribution in [3.05, 3.63) is 59.9 Å². The van der Waals surface area contributed by atoms with Gasteiger partial charge in [-0.3, -0.25) is 9.59 Å². The standard InChI is InChI=1S/C19H20FN3O3/c1-13(10-18(24)21-16-5-3-4-15(20)12-16)22-23-19(25)11-14-6-8-17(26-2)9-7-14/h3-9,12H,10-11H2,1-2H3,(H,21,24)(H,23,25)/b22-13-. The first-order valence-electron chi connectivity index (χ1n) is 7.96. The van der Waals surface area contributed by atoms with Crippen LogP contribution in [0.2, 0.25) is 0 Å². The van der Waals surface area contributed by atoms with Crippen molar-refractivity contribution < 1.29 is 18.7 Å². The van der Waals surface area contributed by atoms with Crippen LogP contribution in [0.25, 0.3) is 0 Å². The fourth-order valence-electron chi connectivity index (χ4n) is 2.17. The van der Waals surface area contributed by atoms with E-state index in [1.54, 1.807) is 44.4 Å². The van der Waals surface area contributed by atoms with Gasteiger partial charge in [-0.25, -0.2) is 9.82 Å². The van der Waals surface area contributed by atoms with E-state index in [4.69, 9.17) is 4.74 Å². The van der Waals surface area contributed by atoms with Crippen molar-refractivity contribution in [2.24, 2.45) is 5.10 Å². The molecule has 0 spiro atoms. The highest BCUT2D eigenvalue weighted by atomic mass is 19.1. The number of rotatable bonds is 7. The van der Waals surface area contributed by atoms with Gasteiger partial charge in [0.2, 0.25) is 11.8 Å². The van der Waals surface area contributed by atoms with Gasteiger partial charge in [0.15, 0.2) is 0 Å². The van der Waals surface area contributed by atoms with Gasteiger partial charge in [-0.1, -0.05) is 18.2 Å². The van der Waals surface area contributed by atoms with Crippen LogP contribution in [0.4, 0.5) is 10.1 Å². The zero-order valence-electron chi connectivity index (χ0n) is 14.6. The summed E-state index contributed by atoms with van der Waals surface area (Å²) in [6.45, 7) is 1.62. The lowest BCUT2D eigenvalue weighted by atomic mass is 10.1. The Bertz CT molecular complexity index is 804. The average molecular weight is 357 g/mol. The molecule has 0 fully saturated rings. The van der Waals surface area contributed by atoms with E-state index in [9.17, 15) is 14.0 Å². The molecule has 6 nitrogen and oxygen atoms in total. The largest absolute Gasteiger partial charge is 0.497 e. The lowest BCUT2D eigenvalue weighted by molar-refractivity contribution is -0.120. The summed E-state index contributed by atoms with van der Waals surface area (Å²) >= 11 is 0. The Morgan fingerprint density at radius 2 is 1.85 bits per heavy atom. The van der Waals surface area contributed by atoms with E-state index in [1.165, 1.54) is 18.2 Å². The number of nitrogens with zero attached hydrogens (tertiary/aromatic N) is 1. The highest BCUT2D eigenvalue weighted by molar-refractivity contribution is 6.05. The lowest BCUT2D eigenvalue weighted by Crippen LogP contribution is -2.22. The number of methoxy groups -OCH3 is 1. The highest BCUT2D eigenvalue weighted by Crippen LogP contribution is 2.12. The second kappa shape index (κ2) is 9.31. The van der Waals surface area contributed by atoms with E-state index >= 15 is 0 Å². The third-order valence-electron chi connectivity index (χ3n) is 3.42. The summed E-state index contributed by atoms with van der Waals surface area (Å²) in [6, 6.07) is 12.7. The Morgan fingerprint density at radius 3 is 2.50 bits per heavy atom. The first-order chi connectivity index (χ1) is 12.5. The first kappa shape index (κ1) is 19.1. The van der Waals surface area contributed by atoms with Gasteiger partial charge < -0.3 is 10.1 Å². The van der Waals surface area contributed by atoms with E-state index in [1.807, 2.05) is 0 Å². The molecule has 2 amide bonds. The summed E-state index contributed by atoms with van der Waals surface area (Å²) in [4.78, 5) is 23.8. The summed E-state index contributed by atoms with van der Waals surface area (Å²) in [5.74, 6) is -0.354. The van der Waals surface area contributed by atoms with Gasteiger partial charge in [-0.15, -0.1) is 0 Å². The second-order valence-corrected chi connectivity index (χ2v) is 5.64. The van der Waals surface area contributed by atoms with E-state index in [0.29, 0.717) is 17.1 Å². The Kier molecular flexibility index (Phi) is 6.84. The number of hydrogen-bond acceptors (Lipinski definition) is 4. The minimum absolute atomic E-state index is 0.0146. The molecule has 2 aromatic carbocycles. The molecule has 0 atom stereocenters. The molecule has 0 aliphatic rings. The zero-order chi connectivity index (χ0) is 18.9. The maximum atomic E-state index is 13.1. The van der Waals surface area contributed by atoms with Crippen molar-refractivity contribution in [1.29, 1.82) is 0 Å². The predicted octanol–water partition coefficient (Wildman–Crippen LogP) is 2.90. The van der Waals surface area contributed by atoms with Crippen LogP contribution in [-0.4, -0.2) is 24.6 Å². The van der Waals surface area contributed by atoms with Gasteiger partial charge in [0.25, 0.3) is 0 Å². The van der Waals surface area contributed by atoms with Crippen LogP contribution in [0.15, 0.2) is 53.6 Å². The molecule has 136 valence electrons. The van der Waals surface area contributed by atoms with Crippen molar-refractivity contribution >= 4 is 23.2 Å². The summed E-state index contributed by atoms with van der Waals surface area (Å²) in [7, 11) is 1.57. The van der Waals surface area contributed by atoms with E-state index < -0.39 is 5.82 Å². The van der Waals surface area contributed by atoms with Crippen LogP contribution in [0, 0.1) is 5.82 Å². The fraction of sp³-hybridized carbons (Fsp3) is 0.211. The molecule has 0 heterocycles. The second-order valence-electron chi connectivity index (χ2n) is 5.64. The summed E-state index contributed by atoms with van der Waals surface area (Å²) < 4.78 is 18.1. The minimum atomic E-state index is -0.431. The third kappa shape index (κ3) is 6.35. The molecule has 0 radical (unpaired) electrons. The number of nitrogens with one attached hydrogen (secondary N) is 2. The van der Waals surface area contributed by atoms with E-state index in [2.05, 4.69) is 15.8 Å². The van der Waals surface area contributed by atoms with Gasteiger partial charge in [0.1, 0.15) is 11.6 Å². The average Bonchev–Trinajstić information content (AvgIpc) is 2.60. The zero-order valence-corrected chi connectivity index (χ0v) is 14.6. The molecule has 2 aromatic rings. The van der Waals surface area contributed by atoms with Crippen LogP contribution in [0.3, 0.4) is 0 Å². The van der Waals surface area contributed by atoms with Crippen LogP contribution in [0.1, 0.15) is 18.9 Å². The smallest absolute Gasteiger partial charge is 0.244 e. The van der Waals surface area contributed by atoms with E-state index in [0.717, 1.165) is 5.56 Å². The minimum Gasteiger partial charge on any atom is -0.497 e. The number of benzene rings is 2. The number of carbonyl (C=O) groups excluding carboxylic acids is 2. The molecular formula is C19H20FN3O3. The van der Waals surface area contributed by atoms with Crippen LogP contribution in [-0.2, 0) is 16.0 Å². The molecule has 2 rings (SSSR count). The predicted molar refractivity (Wildman–Crippen MR) is 97.6 cm³/mol. The lowest BCUT2D eigenvalue weighted by Gasteiger charge is -2.06. The van der Waals surface area contributed by atoms with Crippen LogP contribution < -0.4 is 15.5 Å². The molecule has 0 saturated heterocycles. The number of carbonyl (C=O) groups is 2. The molecule has 0 bridgehead atoms. The number of anilines is 1. The van der Waals surface area contributed by atoms with Crippen molar-refractivity contribution in [2.45, 2.75) is 19.8 Å². The van der Waals surface area contributed by atoms with Crippen molar-refractivity contribution in [3.8, 4) is 5.75 Å². The van der Waals surface area contributed by atoms with Gasteiger partial charge >= 0.3 is 0 Å². The van der Waals surface area contributed by atoms with Crippen molar-refractivity contribution in [1.82, 2.24) is 5.43 Å². The maximum absolute atomic E-state index is 13.1. The van der Waals surface area contributed by atoms with Gasteiger partial charge in [-0.05, 0) is 42.8 Å². The maximum Gasteiger partial charge on any atom is 0.244 e. The molecule has 26 heavy (non-hydrogen) atoms. The van der Waals surface area contributed by atoms with Gasteiger partial charge in [-0.2, -0.15) is 5.10 Å². The monoisotopic (exact) mass is 357 g/mol. The Balaban J connectivity index is 1.80. The van der Waals surface area contributed by atoms with Crippen LogP contribution >= 0.6 is 0 Å². The number of hydrazone groups is 1. The normalized spacial score (nSPS) is 11.0. The molecule has 7 heteroatoms. The first-order valence-corrected chi connectivity index (χ1v) is 7.96. The summed E-state index contributed by atoms with van der Waals surface area (Å²) in [6.07, 6.45) is 0.148. The molecular weight excluding hydrogens is 337 g/mol. The highest BCUT2D eigenvalue weighted by Gasteiger charge is 2.07. The SMILES string of the molecule is COc1ccc(CC(=O)N/N=C(/C)CC(=O)Nc2cccc(F)c2)cc1. The summed E-state index contributed by atoms with van der Waals surface area (Å²) in [5, 5.41) is 6.48. The van der Waals surface area contributed by atoms with Crippen LogP contribution in [0.5, 0.6) is 5.75 Å². The number of amides is 2. The number of ether oxygens (including phenoxy) is 1. The topological polar surface area (TPSA) is 79.8 Å². The Hall–Kier alpha value is -3.22. The molecule has 2 N–H and O–H groups in total. The molecule has 0 aliphatic carbocycles. The molecule has 0 aliphatic heterocycles. The summed E-state index contributed by atoms with van der Waals surface area (Å²) in [5.41, 5.74) is 4.03. The number of hydrogen-bond donors (Lipinski definition) is 2. The fourth-order valence-corrected chi connectivity index (χ4v) is 2.17. The third-order valence-corrected chi connectivity index (χ3v) is 3.42. The number of halogens is 1. The molecule has 0 saturated carbocycles. The van der Waals surface area contributed by atoms with Crippen molar-refractivity contribution in [3.63, 3.8) is 0 Å². The van der Waals surface area contributed by atoms with Gasteiger partial charge in [0, 0.05) is 11.4 Å². The molecule has 0 unspecified atom stereocenters. The Labute approximate surface area is 151 Å². The van der Waals surface area contributed by atoms with Gasteiger partial charge in [0.05, 0.1) is 20.0 Å².